The van der Waals surface area contributed by atoms with Crippen LogP contribution in [0.1, 0.15) is 22.3 Å². The van der Waals surface area contributed by atoms with Gasteiger partial charge in [0.15, 0.2) is 5.78 Å². The maximum absolute atomic E-state index is 12.9. The lowest BCUT2D eigenvalue weighted by Crippen LogP contribution is -2.28. The molecular weight excluding hydrogens is 323 g/mol. The summed E-state index contributed by atoms with van der Waals surface area (Å²) in [5.74, 6) is 0.445. The third-order valence-corrected chi connectivity index (χ3v) is 3.82. The molecule has 2 aromatic rings. The number of ketones is 1. The van der Waals surface area contributed by atoms with Gasteiger partial charge in [-0.2, -0.15) is 0 Å². The van der Waals surface area contributed by atoms with Crippen LogP contribution >= 0.6 is 15.9 Å². The summed E-state index contributed by atoms with van der Waals surface area (Å²) in [6, 6.07) is 11.7. The van der Waals surface area contributed by atoms with Crippen LogP contribution in [0, 0.1) is 5.82 Å². The van der Waals surface area contributed by atoms with Gasteiger partial charge in [0.05, 0.1) is 5.56 Å². The van der Waals surface area contributed by atoms with Crippen molar-refractivity contribution >= 4 is 21.7 Å². The Balaban J connectivity index is 1.79. The molecule has 20 heavy (non-hydrogen) atoms. The van der Waals surface area contributed by atoms with Gasteiger partial charge in [0, 0.05) is 17.3 Å². The number of halogens is 2. The van der Waals surface area contributed by atoms with Gasteiger partial charge in [-0.25, -0.2) is 4.39 Å². The topological polar surface area (TPSA) is 26.3 Å². The summed E-state index contributed by atoms with van der Waals surface area (Å²) in [6.45, 7) is 0. The Morgan fingerprint density at radius 2 is 1.95 bits per heavy atom. The molecule has 2 aromatic carbocycles. The van der Waals surface area contributed by atoms with Crippen molar-refractivity contribution in [1.82, 2.24) is 0 Å². The van der Waals surface area contributed by atoms with Crippen molar-refractivity contribution in [2.24, 2.45) is 0 Å². The minimum atomic E-state index is -0.260. The normalized spacial score (nSPS) is 17.5. The van der Waals surface area contributed by atoms with Crippen molar-refractivity contribution in [2.45, 2.75) is 18.9 Å². The monoisotopic (exact) mass is 334 g/mol. The first-order valence-corrected chi connectivity index (χ1v) is 7.15. The molecule has 1 atom stereocenters. The lowest BCUT2D eigenvalue weighted by Gasteiger charge is -2.25. The molecule has 0 bridgehead atoms. The van der Waals surface area contributed by atoms with E-state index in [0.717, 1.165) is 10.0 Å². The highest BCUT2D eigenvalue weighted by Crippen LogP contribution is 2.31. The number of carbonyl (C=O) groups excluding carboxylic acids is 1. The number of hydrogen-bond acceptors (Lipinski definition) is 2. The summed E-state index contributed by atoms with van der Waals surface area (Å²) in [6.07, 6.45) is 0.754. The fourth-order valence-electron chi connectivity index (χ4n) is 2.36. The smallest absolute Gasteiger partial charge is 0.170 e. The van der Waals surface area contributed by atoms with E-state index in [9.17, 15) is 9.18 Å². The van der Waals surface area contributed by atoms with Crippen LogP contribution < -0.4 is 4.74 Å². The first kappa shape index (κ1) is 13.3. The molecule has 1 heterocycles. The molecule has 1 unspecified atom stereocenters. The van der Waals surface area contributed by atoms with Gasteiger partial charge in [0.1, 0.15) is 17.7 Å². The second-order valence-corrected chi connectivity index (χ2v) is 5.75. The summed E-state index contributed by atoms with van der Waals surface area (Å²) in [5, 5.41) is 0. The highest BCUT2D eigenvalue weighted by Gasteiger charge is 2.26. The molecular formula is C16H12BrFO2. The van der Waals surface area contributed by atoms with E-state index < -0.39 is 0 Å². The minimum Gasteiger partial charge on any atom is -0.489 e. The number of fused-ring (bicyclic) bond motifs is 1. The van der Waals surface area contributed by atoms with Crippen LogP contribution in [0.3, 0.4) is 0 Å². The Hall–Kier alpha value is -1.68. The number of ether oxygens (including phenoxy) is 1. The molecule has 102 valence electrons. The van der Waals surface area contributed by atoms with Gasteiger partial charge in [0.25, 0.3) is 0 Å². The first-order chi connectivity index (χ1) is 9.61. The molecule has 0 fully saturated rings. The molecule has 3 rings (SSSR count). The molecule has 0 N–H and O–H groups in total. The molecule has 4 heteroatoms. The van der Waals surface area contributed by atoms with Crippen molar-refractivity contribution in [1.29, 1.82) is 0 Å². The van der Waals surface area contributed by atoms with Gasteiger partial charge >= 0.3 is 0 Å². The molecule has 0 aromatic heterocycles. The van der Waals surface area contributed by atoms with Gasteiger partial charge in [0.2, 0.25) is 0 Å². The van der Waals surface area contributed by atoms with Crippen molar-refractivity contribution in [3.05, 3.63) is 63.9 Å². The molecule has 0 amide bonds. The zero-order valence-electron chi connectivity index (χ0n) is 10.6. The van der Waals surface area contributed by atoms with Crippen molar-refractivity contribution in [2.75, 3.05) is 0 Å². The zero-order valence-corrected chi connectivity index (χ0v) is 12.2. The van der Waals surface area contributed by atoms with E-state index in [4.69, 9.17) is 4.74 Å². The van der Waals surface area contributed by atoms with Crippen LogP contribution in [0.5, 0.6) is 5.75 Å². The van der Waals surface area contributed by atoms with Crippen LogP contribution in [0.15, 0.2) is 46.9 Å². The second-order valence-electron chi connectivity index (χ2n) is 4.84. The van der Waals surface area contributed by atoms with E-state index in [1.807, 2.05) is 6.07 Å². The molecule has 0 aliphatic carbocycles. The summed E-state index contributed by atoms with van der Waals surface area (Å²) in [4.78, 5) is 12.1. The number of rotatable bonds is 2. The average Bonchev–Trinajstić information content (AvgIpc) is 2.42. The number of carbonyl (C=O) groups is 1. The van der Waals surface area contributed by atoms with Crippen LogP contribution in [0.2, 0.25) is 0 Å². The summed E-state index contributed by atoms with van der Waals surface area (Å²) in [7, 11) is 0. The molecule has 2 nitrogen and oxygen atoms in total. The first-order valence-electron chi connectivity index (χ1n) is 6.35. The Morgan fingerprint density at radius 3 is 2.70 bits per heavy atom. The minimum absolute atomic E-state index is 0.0830. The van der Waals surface area contributed by atoms with Crippen LogP contribution in [-0.4, -0.2) is 11.9 Å². The maximum Gasteiger partial charge on any atom is 0.170 e. The van der Waals surface area contributed by atoms with Crippen molar-refractivity contribution in [3.63, 3.8) is 0 Å². The summed E-state index contributed by atoms with van der Waals surface area (Å²) < 4.78 is 19.6. The highest BCUT2D eigenvalue weighted by molar-refractivity contribution is 9.10. The SMILES string of the molecule is O=C1CC(Cc2ccc(F)cc2)Oc2ccc(Br)cc21. The number of Topliss-reactive ketones (excluding diaryl/α,β-unsaturated/α-hetero) is 1. The second kappa shape index (κ2) is 5.37. The molecule has 0 saturated heterocycles. The summed E-state index contributed by atoms with van der Waals surface area (Å²) in [5.41, 5.74) is 1.58. The number of hydrogen-bond donors (Lipinski definition) is 0. The van der Waals surface area contributed by atoms with E-state index in [1.165, 1.54) is 12.1 Å². The molecule has 1 aliphatic rings. The van der Waals surface area contributed by atoms with E-state index in [2.05, 4.69) is 15.9 Å². The van der Waals surface area contributed by atoms with Crippen LogP contribution in [0.4, 0.5) is 4.39 Å². The Labute approximate surface area is 124 Å². The van der Waals surface area contributed by atoms with E-state index in [0.29, 0.717) is 24.2 Å². The lowest BCUT2D eigenvalue weighted by atomic mass is 9.96. The van der Waals surface area contributed by atoms with E-state index in [1.54, 1.807) is 24.3 Å². The predicted molar refractivity (Wildman–Crippen MR) is 77.6 cm³/mol. The molecule has 1 aliphatic heterocycles. The highest BCUT2D eigenvalue weighted by atomic mass is 79.9. The van der Waals surface area contributed by atoms with Crippen LogP contribution in [0.25, 0.3) is 0 Å². The van der Waals surface area contributed by atoms with Gasteiger partial charge in [-0.15, -0.1) is 0 Å². The fourth-order valence-corrected chi connectivity index (χ4v) is 2.72. The van der Waals surface area contributed by atoms with Gasteiger partial charge in [-0.1, -0.05) is 28.1 Å². The van der Waals surface area contributed by atoms with Gasteiger partial charge in [-0.3, -0.25) is 4.79 Å². The third kappa shape index (κ3) is 2.75. The average molecular weight is 335 g/mol. The third-order valence-electron chi connectivity index (χ3n) is 3.33. The van der Waals surface area contributed by atoms with Gasteiger partial charge < -0.3 is 4.74 Å². The van der Waals surface area contributed by atoms with Crippen LogP contribution in [-0.2, 0) is 6.42 Å². The predicted octanol–water partition coefficient (Wildman–Crippen LogP) is 4.16. The lowest BCUT2D eigenvalue weighted by molar-refractivity contribution is 0.0851. The Bertz CT molecular complexity index is 652. The van der Waals surface area contributed by atoms with Gasteiger partial charge in [-0.05, 0) is 35.9 Å². The maximum atomic E-state index is 12.9. The Kier molecular flexibility index (Phi) is 3.57. The van der Waals surface area contributed by atoms with E-state index in [-0.39, 0.29) is 17.7 Å². The molecule has 0 radical (unpaired) electrons. The molecule has 0 spiro atoms. The van der Waals surface area contributed by atoms with Crippen molar-refractivity contribution < 1.29 is 13.9 Å². The summed E-state index contributed by atoms with van der Waals surface area (Å²) >= 11 is 3.35. The van der Waals surface area contributed by atoms with Crippen molar-refractivity contribution in [3.8, 4) is 5.75 Å². The standard InChI is InChI=1S/C16H12BrFO2/c17-11-3-6-16-14(8-11)15(19)9-13(20-16)7-10-1-4-12(18)5-2-10/h1-6,8,13H,7,9H2. The largest absolute Gasteiger partial charge is 0.489 e. The number of benzene rings is 2. The van der Waals surface area contributed by atoms with E-state index >= 15 is 0 Å². The fraction of sp³-hybridized carbons (Fsp3) is 0.188. The quantitative estimate of drug-likeness (QED) is 0.824. The Morgan fingerprint density at radius 1 is 1.20 bits per heavy atom. The zero-order chi connectivity index (χ0) is 14.1. The molecule has 0 saturated carbocycles.